The van der Waals surface area contributed by atoms with Crippen LogP contribution in [0.25, 0.3) is 0 Å². The monoisotopic (exact) mass is 421 g/mol. The van der Waals surface area contributed by atoms with Crippen LogP contribution < -0.4 is 10.2 Å². The highest BCUT2D eigenvalue weighted by Gasteiger charge is 2.47. The molecule has 0 spiro atoms. The van der Waals surface area contributed by atoms with Gasteiger partial charge in [-0.1, -0.05) is 44.2 Å². The number of carbonyl (C=O) groups is 4. The first kappa shape index (κ1) is 20.6. The summed E-state index contributed by atoms with van der Waals surface area (Å²) in [6, 6.07) is 11.8. The highest BCUT2D eigenvalue weighted by atomic mass is 16.4. The lowest BCUT2D eigenvalue weighted by Crippen LogP contribution is -2.44. The third-order valence-corrected chi connectivity index (χ3v) is 5.78. The van der Waals surface area contributed by atoms with E-state index in [4.69, 9.17) is 0 Å². The van der Waals surface area contributed by atoms with Gasteiger partial charge in [-0.05, 0) is 35.2 Å². The average Bonchev–Trinajstić information content (AvgIpc) is 2.99. The summed E-state index contributed by atoms with van der Waals surface area (Å²) in [6.07, 6.45) is 0.450. The van der Waals surface area contributed by atoms with E-state index in [1.807, 2.05) is 24.3 Å². The molecule has 2 aliphatic heterocycles. The van der Waals surface area contributed by atoms with Crippen LogP contribution in [0.2, 0.25) is 0 Å². The molecular weight excluding hydrogens is 398 g/mol. The second-order valence-electron chi connectivity index (χ2n) is 8.16. The van der Waals surface area contributed by atoms with E-state index in [9.17, 15) is 24.3 Å². The minimum atomic E-state index is -1.12. The molecule has 2 aliphatic rings. The molecule has 160 valence electrons. The number of imide groups is 1. The van der Waals surface area contributed by atoms with Crippen LogP contribution in [0.4, 0.5) is 10.5 Å². The molecule has 0 aliphatic carbocycles. The number of carboxylic acid groups (broad SMARTS) is 1. The Hall–Kier alpha value is -3.68. The van der Waals surface area contributed by atoms with Crippen LogP contribution in [0, 0.1) is 5.92 Å². The molecule has 4 amide bonds. The van der Waals surface area contributed by atoms with Crippen molar-refractivity contribution in [1.82, 2.24) is 10.2 Å². The lowest BCUT2D eigenvalue weighted by atomic mass is 9.95. The van der Waals surface area contributed by atoms with Crippen LogP contribution in [0.5, 0.6) is 0 Å². The Kier molecular flexibility index (Phi) is 5.22. The number of amides is 4. The number of benzene rings is 2. The molecule has 2 atom stereocenters. The van der Waals surface area contributed by atoms with E-state index in [1.165, 1.54) is 12.1 Å². The van der Waals surface area contributed by atoms with E-state index in [0.717, 1.165) is 16.0 Å². The number of carboxylic acids is 1. The number of fused-ring (bicyclic) bond motifs is 2. The number of carbonyl (C=O) groups excluding carboxylic acids is 3. The maximum absolute atomic E-state index is 13.1. The Morgan fingerprint density at radius 1 is 1.06 bits per heavy atom. The Balaban J connectivity index is 1.59. The largest absolute Gasteiger partial charge is 0.480 e. The quantitative estimate of drug-likeness (QED) is 0.721. The van der Waals surface area contributed by atoms with E-state index in [1.54, 1.807) is 30.9 Å². The number of nitrogens with one attached hydrogen (secondary N) is 1. The first-order chi connectivity index (χ1) is 14.8. The maximum Gasteiger partial charge on any atom is 0.332 e. The first-order valence-electron chi connectivity index (χ1n) is 10.1. The van der Waals surface area contributed by atoms with E-state index < -0.39 is 30.0 Å². The summed E-state index contributed by atoms with van der Waals surface area (Å²) in [6.45, 7) is 3.76. The zero-order valence-corrected chi connectivity index (χ0v) is 17.2. The second kappa shape index (κ2) is 7.86. The second-order valence-corrected chi connectivity index (χ2v) is 8.16. The summed E-state index contributed by atoms with van der Waals surface area (Å²) < 4.78 is 0. The Labute approximate surface area is 179 Å². The summed E-state index contributed by atoms with van der Waals surface area (Å²) in [5, 5.41) is 11.8. The Morgan fingerprint density at radius 3 is 2.45 bits per heavy atom. The molecule has 8 heteroatoms. The molecule has 0 radical (unpaired) electrons. The SMILES string of the molecule is CC(C)[C@@H](NC(=O)c1cccc(N2C(=O)[C@@H]3Cc4ccccc4CN3C2=O)c1)C(=O)O. The number of aliphatic carboxylic acids is 1. The Morgan fingerprint density at radius 2 is 1.77 bits per heavy atom. The van der Waals surface area contributed by atoms with E-state index in [0.29, 0.717) is 13.0 Å². The predicted octanol–water partition coefficient (Wildman–Crippen LogP) is 2.42. The normalized spacial score (nSPS) is 18.6. The fourth-order valence-electron chi connectivity index (χ4n) is 4.08. The number of anilines is 1. The van der Waals surface area contributed by atoms with Crippen molar-refractivity contribution >= 4 is 29.5 Å². The van der Waals surface area contributed by atoms with Crippen molar-refractivity contribution in [2.75, 3.05) is 4.90 Å². The zero-order chi connectivity index (χ0) is 22.3. The average molecular weight is 421 g/mol. The third kappa shape index (κ3) is 3.65. The van der Waals surface area contributed by atoms with Crippen molar-refractivity contribution in [1.29, 1.82) is 0 Å². The highest BCUT2D eigenvalue weighted by Crippen LogP contribution is 2.33. The number of hydrogen-bond acceptors (Lipinski definition) is 4. The van der Waals surface area contributed by atoms with E-state index in [-0.39, 0.29) is 23.1 Å². The van der Waals surface area contributed by atoms with Gasteiger partial charge in [0.1, 0.15) is 12.1 Å². The molecule has 1 saturated heterocycles. The third-order valence-electron chi connectivity index (χ3n) is 5.78. The van der Waals surface area contributed by atoms with Gasteiger partial charge >= 0.3 is 12.0 Å². The number of rotatable bonds is 5. The predicted molar refractivity (Wildman–Crippen MR) is 113 cm³/mol. The zero-order valence-electron chi connectivity index (χ0n) is 17.2. The van der Waals surface area contributed by atoms with Gasteiger partial charge in [0.15, 0.2) is 0 Å². The van der Waals surface area contributed by atoms with Crippen LogP contribution in [0.1, 0.15) is 35.3 Å². The molecular formula is C23H23N3O5. The van der Waals surface area contributed by atoms with Crippen LogP contribution >= 0.6 is 0 Å². The van der Waals surface area contributed by atoms with Gasteiger partial charge in [-0.2, -0.15) is 0 Å². The van der Waals surface area contributed by atoms with Crippen LogP contribution in [0.15, 0.2) is 48.5 Å². The molecule has 0 aromatic heterocycles. The Bertz CT molecular complexity index is 1040. The van der Waals surface area contributed by atoms with Crippen molar-refractivity contribution in [2.24, 2.45) is 5.92 Å². The van der Waals surface area contributed by atoms with Crippen LogP contribution in [-0.4, -0.2) is 45.9 Å². The van der Waals surface area contributed by atoms with Crippen molar-refractivity contribution < 1.29 is 24.3 Å². The van der Waals surface area contributed by atoms with E-state index in [2.05, 4.69) is 5.32 Å². The molecule has 0 unspecified atom stereocenters. The molecule has 2 heterocycles. The van der Waals surface area contributed by atoms with Gasteiger partial charge in [-0.25, -0.2) is 14.5 Å². The molecule has 2 aromatic rings. The molecule has 1 fully saturated rings. The fourth-order valence-corrected chi connectivity index (χ4v) is 4.08. The molecule has 2 aromatic carbocycles. The lowest BCUT2D eigenvalue weighted by Gasteiger charge is -2.28. The molecule has 0 saturated carbocycles. The molecule has 2 N–H and O–H groups in total. The maximum atomic E-state index is 13.1. The summed E-state index contributed by atoms with van der Waals surface area (Å²) in [5.41, 5.74) is 2.53. The van der Waals surface area contributed by atoms with Crippen molar-refractivity contribution in [3.05, 3.63) is 65.2 Å². The minimum absolute atomic E-state index is 0.179. The summed E-state index contributed by atoms with van der Waals surface area (Å²) in [5.74, 6) is -2.33. The summed E-state index contributed by atoms with van der Waals surface area (Å²) >= 11 is 0. The summed E-state index contributed by atoms with van der Waals surface area (Å²) in [4.78, 5) is 52.8. The molecule has 4 rings (SSSR count). The standard InChI is InChI=1S/C23H23N3O5/c1-13(2)19(22(29)30)24-20(27)15-8-5-9-17(10-15)26-21(28)18-11-14-6-3-4-7-16(14)12-25(18)23(26)31/h3-10,13,18-19H,11-12H2,1-2H3,(H,24,27)(H,29,30)/t18-,19+/m0/s1. The van der Waals surface area contributed by atoms with Crippen LogP contribution in [0.3, 0.4) is 0 Å². The van der Waals surface area contributed by atoms with Gasteiger partial charge in [0, 0.05) is 18.5 Å². The van der Waals surface area contributed by atoms with Crippen LogP contribution in [-0.2, 0) is 22.6 Å². The highest BCUT2D eigenvalue weighted by molar-refractivity contribution is 6.21. The van der Waals surface area contributed by atoms with Gasteiger partial charge in [0.25, 0.3) is 11.8 Å². The molecule has 31 heavy (non-hydrogen) atoms. The fraction of sp³-hybridized carbons (Fsp3) is 0.304. The van der Waals surface area contributed by atoms with Gasteiger partial charge in [0.2, 0.25) is 0 Å². The van der Waals surface area contributed by atoms with Gasteiger partial charge in [-0.3, -0.25) is 9.59 Å². The number of urea groups is 1. The number of hydrogen-bond donors (Lipinski definition) is 2. The van der Waals surface area contributed by atoms with Gasteiger partial charge < -0.3 is 15.3 Å². The van der Waals surface area contributed by atoms with Gasteiger partial charge in [-0.15, -0.1) is 0 Å². The smallest absolute Gasteiger partial charge is 0.332 e. The first-order valence-corrected chi connectivity index (χ1v) is 10.1. The number of nitrogens with zero attached hydrogens (tertiary/aromatic N) is 2. The van der Waals surface area contributed by atoms with Crippen molar-refractivity contribution in [2.45, 2.75) is 38.9 Å². The van der Waals surface area contributed by atoms with Crippen molar-refractivity contribution in [3.8, 4) is 0 Å². The minimum Gasteiger partial charge on any atom is -0.480 e. The lowest BCUT2D eigenvalue weighted by molar-refractivity contribution is -0.140. The van der Waals surface area contributed by atoms with E-state index >= 15 is 0 Å². The topological polar surface area (TPSA) is 107 Å². The van der Waals surface area contributed by atoms with Crippen molar-refractivity contribution in [3.63, 3.8) is 0 Å². The molecule has 8 nitrogen and oxygen atoms in total. The summed E-state index contributed by atoms with van der Waals surface area (Å²) in [7, 11) is 0. The van der Waals surface area contributed by atoms with Gasteiger partial charge in [0.05, 0.1) is 5.69 Å². The molecule has 0 bridgehead atoms.